The van der Waals surface area contributed by atoms with Gasteiger partial charge in [-0.2, -0.15) is 0 Å². The van der Waals surface area contributed by atoms with Crippen molar-refractivity contribution in [3.63, 3.8) is 0 Å². The predicted molar refractivity (Wildman–Crippen MR) is 112 cm³/mol. The molecule has 5 heteroatoms. The average molecular weight is 375 g/mol. The highest BCUT2D eigenvalue weighted by atomic mass is 16.5. The van der Waals surface area contributed by atoms with Crippen LogP contribution in [0.3, 0.4) is 0 Å². The lowest BCUT2D eigenvalue weighted by molar-refractivity contribution is 0.0785. The van der Waals surface area contributed by atoms with E-state index in [2.05, 4.69) is 10.3 Å². The van der Waals surface area contributed by atoms with Crippen molar-refractivity contribution < 1.29 is 9.53 Å². The van der Waals surface area contributed by atoms with E-state index in [-0.39, 0.29) is 5.91 Å². The van der Waals surface area contributed by atoms with Crippen LogP contribution in [0.25, 0.3) is 0 Å². The number of methoxy groups -OCH3 is 1. The Balaban J connectivity index is 1.55. The third kappa shape index (κ3) is 5.33. The van der Waals surface area contributed by atoms with Crippen LogP contribution in [0.4, 0.5) is 5.82 Å². The molecule has 0 saturated carbocycles. The molecule has 0 aliphatic rings. The lowest BCUT2D eigenvalue weighted by Crippen LogP contribution is -2.26. The standard InChI is InChI=1S/C23H25N3O2/c1-26(17-19-6-4-3-5-7-19)23(27)20-13-15-25-22(16-20)24-14-12-18-8-10-21(28-2)11-9-18/h3-11,13,15-16H,12,14,17H2,1-2H3,(H,24,25). The Morgan fingerprint density at radius 2 is 1.79 bits per heavy atom. The summed E-state index contributed by atoms with van der Waals surface area (Å²) in [4.78, 5) is 18.8. The van der Waals surface area contributed by atoms with Gasteiger partial charge in [0, 0.05) is 31.9 Å². The summed E-state index contributed by atoms with van der Waals surface area (Å²) in [6.45, 7) is 1.30. The summed E-state index contributed by atoms with van der Waals surface area (Å²) in [5.74, 6) is 1.53. The van der Waals surface area contributed by atoms with Crippen LogP contribution >= 0.6 is 0 Å². The van der Waals surface area contributed by atoms with Crippen molar-refractivity contribution in [3.05, 3.63) is 89.6 Å². The second-order valence-corrected chi connectivity index (χ2v) is 6.60. The first-order valence-corrected chi connectivity index (χ1v) is 9.28. The molecule has 144 valence electrons. The molecule has 2 aromatic carbocycles. The molecule has 0 fully saturated rings. The number of hydrogen-bond acceptors (Lipinski definition) is 4. The number of aromatic nitrogens is 1. The molecule has 1 heterocycles. The molecule has 1 N–H and O–H groups in total. The van der Waals surface area contributed by atoms with Gasteiger partial charge in [-0.05, 0) is 41.8 Å². The molecule has 0 aliphatic heterocycles. The largest absolute Gasteiger partial charge is 0.497 e. The summed E-state index contributed by atoms with van der Waals surface area (Å²) in [5.41, 5.74) is 2.94. The van der Waals surface area contributed by atoms with E-state index in [1.807, 2.05) is 61.6 Å². The Morgan fingerprint density at radius 3 is 2.50 bits per heavy atom. The second-order valence-electron chi connectivity index (χ2n) is 6.60. The van der Waals surface area contributed by atoms with Gasteiger partial charge in [-0.25, -0.2) is 4.98 Å². The average Bonchev–Trinajstić information content (AvgIpc) is 2.74. The quantitative estimate of drug-likeness (QED) is 0.646. The van der Waals surface area contributed by atoms with E-state index in [1.165, 1.54) is 5.56 Å². The molecule has 0 bridgehead atoms. The van der Waals surface area contributed by atoms with E-state index in [4.69, 9.17) is 4.74 Å². The number of benzene rings is 2. The minimum Gasteiger partial charge on any atom is -0.497 e. The van der Waals surface area contributed by atoms with Gasteiger partial charge in [0.2, 0.25) is 0 Å². The Bertz CT molecular complexity index is 895. The van der Waals surface area contributed by atoms with Crippen molar-refractivity contribution in [2.45, 2.75) is 13.0 Å². The van der Waals surface area contributed by atoms with Crippen LogP contribution in [0.15, 0.2) is 72.9 Å². The fraction of sp³-hybridized carbons (Fsp3) is 0.217. The molecule has 28 heavy (non-hydrogen) atoms. The number of hydrogen-bond donors (Lipinski definition) is 1. The van der Waals surface area contributed by atoms with Gasteiger partial charge in [0.05, 0.1) is 7.11 Å². The number of nitrogens with one attached hydrogen (secondary N) is 1. The fourth-order valence-corrected chi connectivity index (χ4v) is 2.94. The monoisotopic (exact) mass is 375 g/mol. The summed E-state index contributed by atoms with van der Waals surface area (Å²) in [6, 6.07) is 21.5. The number of pyridine rings is 1. The van der Waals surface area contributed by atoms with Gasteiger partial charge < -0.3 is 15.0 Å². The first-order valence-electron chi connectivity index (χ1n) is 9.28. The van der Waals surface area contributed by atoms with Crippen LogP contribution in [0, 0.1) is 0 Å². The highest BCUT2D eigenvalue weighted by Gasteiger charge is 2.13. The lowest BCUT2D eigenvalue weighted by atomic mass is 10.1. The Morgan fingerprint density at radius 1 is 1.04 bits per heavy atom. The van der Waals surface area contributed by atoms with E-state index in [1.54, 1.807) is 30.3 Å². The van der Waals surface area contributed by atoms with Crippen LogP contribution in [0.1, 0.15) is 21.5 Å². The highest BCUT2D eigenvalue weighted by molar-refractivity contribution is 5.94. The summed E-state index contributed by atoms with van der Waals surface area (Å²) >= 11 is 0. The number of amides is 1. The zero-order chi connectivity index (χ0) is 19.8. The summed E-state index contributed by atoms with van der Waals surface area (Å²) in [7, 11) is 3.47. The minimum absolute atomic E-state index is 0.0237. The third-order valence-electron chi connectivity index (χ3n) is 4.50. The molecule has 0 atom stereocenters. The highest BCUT2D eigenvalue weighted by Crippen LogP contribution is 2.14. The molecule has 1 amide bonds. The van der Waals surface area contributed by atoms with Gasteiger partial charge in [-0.15, -0.1) is 0 Å². The van der Waals surface area contributed by atoms with Gasteiger partial charge in [-0.1, -0.05) is 42.5 Å². The fourth-order valence-electron chi connectivity index (χ4n) is 2.94. The van der Waals surface area contributed by atoms with Crippen LogP contribution in [0.2, 0.25) is 0 Å². The molecule has 0 radical (unpaired) electrons. The van der Waals surface area contributed by atoms with Crippen molar-refractivity contribution >= 4 is 11.7 Å². The van der Waals surface area contributed by atoms with E-state index < -0.39 is 0 Å². The summed E-state index contributed by atoms with van der Waals surface area (Å²) < 4.78 is 5.17. The number of carbonyl (C=O) groups excluding carboxylic acids is 1. The van der Waals surface area contributed by atoms with Gasteiger partial charge in [0.1, 0.15) is 11.6 Å². The molecule has 3 aromatic rings. The molecule has 0 aliphatic carbocycles. The molecular weight excluding hydrogens is 350 g/mol. The lowest BCUT2D eigenvalue weighted by Gasteiger charge is -2.17. The molecule has 1 aromatic heterocycles. The topological polar surface area (TPSA) is 54.5 Å². The SMILES string of the molecule is COc1ccc(CCNc2cc(C(=O)N(C)Cc3ccccc3)ccn2)cc1. The second kappa shape index (κ2) is 9.55. The van der Waals surface area contributed by atoms with Crippen molar-refractivity contribution in [2.75, 3.05) is 26.0 Å². The molecule has 0 unspecified atom stereocenters. The molecule has 0 saturated heterocycles. The predicted octanol–water partition coefficient (Wildman–Crippen LogP) is 4.02. The van der Waals surface area contributed by atoms with E-state index >= 15 is 0 Å². The van der Waals surface area contributed by atoms with Crippen LogP contribution in [-0.2, 0) is 13.0 Å². The maximum Gasteiger partial charge on any atom is 0.254 e. The minimum atomic E-state index is -0.0237. The van der Waals surface area contributed by atoms with E-state index in [9.17, 15) is 4.79 Å². The van der Waals surface area contributed by atoms with Gasteiger partial charge in [0.25, 0.3) is 5.91 Å². The van der Waals surface area contributed by atoms with Gasteiger partial charge in [-0.3, -0.25) is 4.79 Å². The zero-order valence-electron chi connectivity index (χ0n) is 16.3. The first kappa shape index (κ1) is 19.4. The Labute approximate surface area is 166 Å². The number of anilines is 1. The van der Waals surface area contributed by atoms with E-state index in [0.29, 0.717) is 17.9 Å². The number of nitrogens with zero attached hydrogens (tertiary/aromatic N) is 2. The maximum atomic E-state index is 12.7. The molecule has 0 spiro atoms. The number of rotatable bonds is 8. The zero-order valence-corrected chi connectivity index (χ0v) is 16.3. The Kier molecular flexibility index (Phi) is 6.63. The first-order chi connectivity index (χ1) is 13.7. The third-order valence-corrected chi connectivity index (χ3v) is 4.50. The van der Waals surface area contributed by atoms with Crippen molar-refractivity contribution in [2.24, 2.45) is 0 Å². The summed E-state index contributed by atoms with van der Waals surface area (Å²) in [5, 5.41) is 3.29. The van der Waals surface area contributed by atoms with Crippen LogP contribution in [-0.4, -0.2) is 36.5 Å². The molecule has 3 rings (SSSR count). The Hall–Kier alpha value is -3.34. The van der Waals surface area contributed by atoms with Crippen molar-refractivity contribution in [1.82, 2.24) is 9.88 Å². The summed E-state index contributed by atoms with van der Waals surface area (Å²) in [6.07, 6.45) is 2.52. The number of ether oxygens (including phenoxy) is 1. The van der Waals surface area contributed by atoms with Crippen LogP contribution < -0.4 is 10.1 Å². The smallest absolute Gasteiger partial charge is 0.254 e. The molecule has 5 nitrogen and oxygen atoms in total. The number of carbonyl (C=O) groups is 1. The normalized spacial score (nSPS) is 10.4. The molecular formula is C23H25N3O2. The van der Waals surface area contributed by atoms with Crippen molar-refractivity contribution in [3.8, 4) is 5.75 Å². The maximum absolute atomic E-state index is 12.7. The van der Waals surface area contributed by atoms with Gasteiger partial charge in [0.15, 0.2) is 0 Å². The van der Waals surface area contributed by atoms with Crippen LogP contribution in [0.5, 0.6) is 5.75 Å². The van der Waals surface area contributed by atoms with E-state index in [0.717, 1.165) is 24.3 Å². The van der Waals surface area contributed by atoms with Crippen molar-refractivity contribution in [1.29, 1.82) is 0 Å². The van der Waals surface area contributed by atoms with Gasteiger partial charge >= 0.3 is 0 Å².